The Bertz CT molecular complexity index is 688. The van der Waals surface area contributed by atoms with Crippen LogP contribution in [0.2, 0.25) is 0 Å². The Hall–Kier alpha value is -2.93. The van der Waals surface area contributed by atoms with Gasteiger partial charge in [0.15, 0.2) is 0 Å². The van der Waals surface area contributed by atoms with E-state index in [1.165, 1.54) is 6.33 Å². The first-order valence-electron chi connectivity index (χ1n) is 6.70. The zero-order chi connectivity index (χ0) is 14.5. The van der Waals surface area contributed by atoms with Gasteiger partial charge in [-0.05, 0) is 11.1 Å². The molecule has 3 rings (SSSR count). The third-order valence-electron chi connectivity index (χ3n) is 3.59. The van der Waals surface area contributed by atoms with Crippen LogP contribution in [0.25, 0.3) is 0 Å². The van der Waals surface area contributed by atoms with E-state index in [0.717, 1.165) is 11.1 Å². The molecule has 102 valence electrons. The minimum absolute atomic E-state index is 0.428. The van der Waals surface area contributed by atoms with Crippen LogP contribution >= 0.6 is 0 Å². The van der Waals surface area contributed by atoms with Crippen molar-refractivity contribution in [3.8, 4) is 6.07 Å². The van der Waals surface area contributed by atoms with Gasteiger partial charge in [-0.1, -0.05) is 60.7 Å². The van der Waals surface area contributed by atoms with Crippen molar-refractivity contribution in [1.82, 2.24) is 14.8 Å². The topological polar surface area (TPSA) is 54.5 Å². The maximum Gasteiger partial charge on any atom is 0.137 e. The zero-order valence-corrected chi connectivity index (χ0v) is 11.4. The van der Waals surface area contributed by atoms with Crippen LogP contribution < -0.4 is 0 Å². The molecule has 1 aromatic heterocycles. The number of aromatic nitrogens is 3. The van der Waals surface area contributed by atoms with Gasteiger partial charge in [0.2, 0.25) is 0 Å². The van der Waals surface area contributed by atoms with E-state index in [9.17, 15) is 5.26 Å². The van der Waals surface area contributed by atoms with Crippen molar-refractivity contribution in [2.45, 2.75) is 12.0 Å². The molecule has 0 N–H and O–H groups in total. The van der Waals surface area contributed by atoms with Crippen LogP contribution in [-0.4, -0.2) is 14.8 Å². The van der Waals surface area contributed by atoms with E-state index in [4.69, 9.17) is 0 Å². The third-order valence-corrected chi connectivity index (χ3v) is 3.59. The Balaban J connectivity index is 2.16. The molecule has 0 radical (unpaired) electrons. The first kappa shape index (κ1) is 13.1. The van der Waals surface area contributed by atoms with Crippen molar-refractivity contribution in [1.29, 1.82) is 5.26 Å². The Morgan fingerprint density at radius 3 is 1.95 bits per heavy atom. The van der Waals surface area contributed by atoms with Crippen molar-refractivity contribution in [2.24, 2.45) is 0 Å². The summed E-state index contributed by atoms with van der Waals surface area (Å²) in [4.78, 5) is 3.97. The van der Waals surface area contributed by atoms with Crippen molar-refractivity contribution in [3.63, 3.8) is 0 Å². The van der Waals surface area contributed by atoms with Gasteiger partial charge in [-0.2, -0.15) is 10.4 Å². The maximum atomic E-state index is 9.97. The fourth-order valence-corrected chi connectivity index (χ4v) is 2.52. The second-order valence-electron chi connectivity index (χ2n) is 4.84. The molecule has 4 heteroatoms. The van der Waals surface area contributed by atoms with Gasteiger partial charge < -0.3 is 0 Å². The average molecular weight is 274 g/mol. The normalized spacial score (nSPS) is 11.0. The summed E-state index contributed by atoms with van der Waals surface area (Å²) in [5.41, 5.74) is 1.12. The lowest BCUT2D eigenvalue weighted by Gasteiger charge is -2.27. The fraction of sp³-hybridized carbons (Fsp3) is 0.118. The highest BCUT2D eigenvalue weighted by atomic mass is 15.3. The molecule has 3 aromatic rings. The van der Waals surface area contributed by atoms with Crippen molar-refractivity contribution >= 4 is 0 Å². The van der Waals surface area contributed by atoms with Crippen molar-refractivity contribution < 1.29 is 0 Å². The molecule has 0 amide bonds. The molecule has 0 saturated carbocycles. The molecule has 4 nitrogen and oxygen atoms in total. The predicted molar refractivity (Wildman–Crippen MR) is 79.3 cm³/mol. The van der Waals surface area contributed by atoms with E-state index in [-0.39, 0.29) is 0 Å². The van der Waals surface area contributed by atoms with Gasteiger partial charge in [-0.15, -0.1) is 0 Å². The number of nitrogens with zero attached hydrogens (tertiary/aromatic N) is 4. The average Bonchev–Trinajstić information content (AvgIpc) is 3.07. The fourth-order valence-electron chi connectivity index (χ4n) is 2.52. The highest BCUT2D eigenvalue weighted by molar-refractivity contribution is 5.45. The molecule has 0 fully saturated rings. The summed E-state index contributed by atoms with van der Waals surface area (Å²) in [7, 11) is 0. The van der Waals surface area contributed by atoms with Crippen LogP contribution in [0, 0.1) is 11.3 Å². The molecule has 0 aliphatic rings. The second-order valence-corrected chi connectivity index (χ2v) is 4.84. The van der Waals surface area contributed by atoms with E-state index in [1.54, 1.807) is 11.0 Å². The van der Waals surface area contributed by atoms with Crippen LogP contribution in [0.1, 0.15) is 11.1 Å². The number of hydrogen-bond donors (Lipinski definition) is 0. The molecule has 0 unspecified atom stereocenters. The lowest BCUT2D eigenvalue weighted by Crippen LogP contribution is -2.31. The number of nitriles is 1. The number of rotatable bonds is 4. The van der Waals surface area contributed by atoms with E-state index >= 15 is 0 Å². The molecule has 0 saturated heterocycles. The quantitative estimate of drug-likeness (QED) is 0.735. The molecule has 1 heterocycles. The van der Waals surface area contributed by atoms with Gasteiger partial charge in [-0.3, -0.25) is 4.68 Å². The summed E-state index contributed by atoms with van der Waals surface area (Å²) in [5.74, 6) is 0. The lowest BCUT2D eigenvalue weighted by molar-refractivity contribution is 0.487. The first-order valence-corrected chi connectivity index (χ1v) is 6.70. The first-order chi connectivity index (χ1) is 10.3. The van der Waals surface area contributed by atoms with Crippen LogP contribution in [0.3, 0.4) is 0 Å². The number of hydrogen-bond acceptors (Lipinski definition) is 3. The van der Waals surface area contributed by atoms with Crippen molar-refractivity contribution in [2.75, 3.05) is 0 Å². The standard InChI is InChI=1S/C17H14N4/c18-11-17(12-21-14-19-13-20-21,15-7-3-1-4-8-15)16-9-5-2-6-10-16/h1-10,13-14H,12H2. The Labute approximate surface area is 123 Å². The van der Waals surface area contributed by atoms with Crippen LogP contribution in [0.4, 0.5) is 0 Å². The van der Waals surface area contributed by atoms with Gasteiger partial charge >= 0.3 is 0 Å². The smallest absolute Gasteiger partial charge is 0.137 e. The second kappa shape index (κ2) is 5.59. The van der Waals surface area contributed by atoms with Crippen molar-refractivity contribution in [3.05, 3.63) is 84.4 Å². The van der Waals surface area contributed by atoms with E-state index in [2.05, 4.69) is 16.2 Å². The summed E-state index contributed by atoms with van der Waals surface area (Å²) >= 11 is 0. The molecule has 2 aromatic carbocycles. The summed E-state index contributed by atoms with van der Waals surface area (Å²) in [6.07, 6.45) is 3.12. The Morgan fingerprint density at radius 1 is 0.952 bits per heavy atom. The SMILES string of the molecule is N#CC(Cn1cncn1)(c1ccccc1)c1ccccc1. The van der Waals surface area contributed by atoms with Gasteiger partial charge in [-0.25, -0.2) is 4.98 Å². The maximum absolute atomic E-state index is 9.97. The summed E-state index contributed by atoms with van der Waals surface area (Å²) < 4.78 is 1.70. The molecule has 0 spiro atoms. The van der Waals surface area contributed by atoms with Gasteiger partial charge in [0.25, 0.3) is 0 Å². The molecular formula is C17H14N4. The Morgan fingerprint density at radius 2 is 1.52 bits per heavy atom. The Kier molecular flexibility index (Phi) is 3.48. The molecule has 0 aliphatic carbocycles. The summed E-state index contributed by atoms with van der Waals surface area (Å²) in [5, 5.41) is 14.1. The van der Waals surface area contributed by atoms with Crippen LogP contribution in [0.5, 0.6) is 0 Å². The molecule has 21 heavy (non-hydrogen) atoms. The molecular weight excluding hydrogens is 260 g/mol. The summed E-state index contributed by atoms with van der Waals surface area (Å²) in [6.45, 7) is 0.428. The van der Waals surface area contributed by atoms with Gasteiger partial charge in [0, 0.05) is 0 Å². The third kappa shape index (κ3) is 2.41. The van der Waals surface area contributed by atoms with Crippen LogP contribution in [-0.2, 0) is 12.0 Å². The van der Waals surface area contributed by atoms with Gasteiger partial charge in [0.05, 0.1) is 12.6 Å². The minimum Gasteiger partial charge on any atom is -0.251 e. The number of benzene rings is 2. The zero-order valence-electron chi connectivity index (χ0n) is 11.4. The largest absolute Gasteiger partial charge is 0.251 e. The monoisotopic (exact) mass is 274 g/mol. The summed E-state index contributed by atoms with van der Waals surface area (Å²) in [6, 6.07) is 22.1. The molecule has 0 bridgehead atoms. The molecule has 0 atom stereocenters. The van der Waals surface area contributed by atoms with E-state index in [0.29, 0.717) is 6.54 Å². The van der Waals surface area contributed by atoms with E-state index in [1.807, 2.05) is 60.7 Å². The highest BCUT2D eigenvalue weighted by Crippen LogP contribution is 2.33. The lowest BCUT2D eigenvalue weighted by atomic mass is 9.75. The molecule has 0 aliphatic heterocycles. The van der Waals surface area contributed by atoms with Crippen LogP contribution in [0.15, 0.2) is 73.3 Å². The van der Waals surface area contributed by atoms with E-state index < -0.39 is 5.41 Å². The predicted octanol–water partition coefficient (Wildman–Crippen LogP) is 2.79. The minimum atomic E-state index is -0.782. The van der Waals surface area contributed by atoms with Gasteiger partial charge in [0.1, 0.15) is 18.1 Å². The highest BCUT2D eigenvalue weighted by Gasteiger charge is 2.35.